The predicted molar refractivity (Wildman–Crippen MR) is 279 cm³/mol. The molecule has 2 fully saturated rings. The quantitative estimate of drug-likeness (QED) is 0.0740. The number of terminal acetylenes is 1. The molecule has 72 heavy (non-hydrogen) atoms. The highest BCUT2D eigenvalue weighted by atomic mass is 19.1. The van der Waals surface area contributed by atoms with Crippen molar-refractivity contribution >= 4 is 27.9 Å². The van der Waals surface area contributed by atoms with Gasteiger partial charge in [-0.25, -0.2) is 14.2 Å². The van der Waals surface area contributed by atoms with E-state index in [-0.39, 0.29) is 37.4 Å². The van der Waals surface area contributed by atoms with Crippen molar-refractivity contribution in [2.45, 2.75) is 89.8 Å². The fourth-order valence-electron chi connectivity index (χ4n) is 9.87. The zero-order chi connectivity index (χ0) is 50.1. The Balaban J connectivity index is 1.22. The molecule has 2 aliphatic rings. The normalized spacial score (nSPS) is 15.4. The summed E-state index contributed by atoms with van der Waals surface area (Å²) in [4.78, 5) is 20.2. The molecule has 10 nitrogen and oxygen atoms in total. The molecule has 3 heterocycles. The first-order chi connectivity index (χ1) is 34.8. The van der Waals surface area contributed by atoms with Gasteiger partial charge in [-0.15, -0.1) is 6.42 Å². The van der Waals surface area contributed by atoms with E-state index in [0.29, 0.717) is 64.4 Å². The number of ether oxygens (including phenoxy) is 5. The summed E-state index contributed by atoms with van der Waals surface area (Å²) in [6.07, 6.45) is 9.29. The summed E-state index contributed by atoms with van der Waals surface area (Å²) in [7, 11) is 1.63. The molecule has 0 unspecified atom stereocenters. The molecule has 1 aliphatic heterocycles. The number of fused-ring (bicyclic) bond motifs is 2. The standard InChI is InChI=1S/C61H59FN4O6/c1-8-41-24-26-42(27-25-41)38-70-58-56(48(43-28-29-43)32-49-53(34-54(63-57(49)58)69-37-39(2)68-7)71-47-30-31-65(35-47)59(67)72-60(4,5)6)55-40(3)51(62)33-52-50(55)36-66(64-52)61(44-18-12-9-13-19-44,45-20-14-10-15-21-45)46-22-16-11-17-23-46/h1,9-27,32-34,36,39,43,47H,28-31,35,37-38H2,2-7H3/t39-,47-/m0/s1. The van der Waals surface area contributed by atoms with Crippen LogP contribution in [0.4, 0.5) is 9.18 Å². The van der Waals surface area contributed by atoms with Gasteiger partial charge in [0.15, 0.2) is 5.75 Å². The number of rotatable bonds is 15. The van der Waals surface area contributed by atoms with Crippen LogP contribution in [0, 0.1) is 25.1 Å². The number of likely N-dealkylation sites (tertiary alicyclic amines) is 1. The Labute approximate surface area is 420 Å². The van der Waals surface area contributed by atoms with Crippen molar-refractivity contribution in [1.82, 2.24) is 19.7 Å². The minimum atomic E-state index is -0.963. The van der Waals surface area contributed by atoms with Crippen LogP contribution in [-0.4, -0.2) is 70.4 Å². The Morgan fingerprint density at radius 1 is 0.833 bits per heavy atom. The molecule has 8 aromatic rings. The van der Waals surface area contributed by atoms with Gasteiger partial charge in [-0.3, -0.25) is 4.68 Å². The van der Waals surface area contributed by atoms with Crippen molar-refractivity contribution in [2.75, 3.05) is 26.8 Å². The first-order valence-electron chi connectivity index (χ1n) is 24.7. The average molecular weight is 963 g/mol. The van der Waals surface area contributed by atoms with Gasteiger partial charge < -0.3 is 28.6 Å². The Morgan fingerprint density at radius 2 is 1.47 bits per heavy atom. The van der Waals surface area contributed by atoms with Crippen LogP contribution in [0.2, 0.25) is 0 Å². The topological polar surface area (TPSA) is 97.2 Å². The number of nitrogens with zero attached hydrogens (tertiary/aromatic N) is 4. The zero-order valence-electron chi connectivity index (χ0n) is 41.7. The highest BCUT2D eigenvalue weighted by Crippen LogP contribution is 2.54. The summed E-state index contributed by atoms with van der Waals surface area (Å²) in [6, 6.07) is 44.2. The zero-order valence-corrected chi connectivity index (χ0v) is 41.7. The fraction of sp³-hybridized carbons (Fsp3) is 0.295. The van der Waals surface area contributed by atoms with E-state index in [2.05, 4.69) is 54.6 Å². The molecule has 1 amide bonds. The van der Waals surface area contributed by atoms with Gasteiger partial charge in [0.25, 0.3) is 0 Å². The highest BCUT2D eigenvalue weighted by Gasteiger charge is 2.41. The van der Waals surface area contributed by atoms with E-state index in [4.69, 9.17) is 40.2 Å². The van der Waals surface area contributed by atoms with Crippen molar-refractivity contribution in [3.8, 4) is 40.8 Å². The molecule has 2 atom stereocenters. The number of hydrogen-bond donors (Lipinski definition) is 0. The van der Waals surface area contributed by atoms with E-state index >= 15 is 4.39 Å². The van der Waals surface area contributed by atoms with E-state index in [9.17, 15) is 4.79 Å². The van der Waals surface area contributed by atoms with Crippen LogP contribution in [0.25, 0.3) is 32.9 Å². The Hall–Kier alpha value is -7.68. The molecule has 0 N–H and O–H groups in total. The summed E-state index contributed by atoms with van der Waals surface area (Å²) in [5, 5.41) is 6.84. The molecule has 0 radical (unpaired) electrons. The van der Waals surface area contributed by atoms with Crippen molar-refractivity contribution in [3.63, 3.8) is 0 Å². The SMILES string of the molecule is C#Cc1ccc(COc2c(-c3c(C)c(F)cc4nn(C(c5ccccc5)(c5ccccc5)c5ccccc5)cc34)c(C3CC3)cc3c(O[C@H]4CCN(C(=O)OC(C)(C)C)C4)cc(OC[C@H](C)OC)nc23)cc1. The largest absolute Gasteiger partial charge is 0.488 e. The molecule has 11 heteroatoms. The molecule has 1 saturated carbocycles. The molecular weight excluding hydrogens is 904 g/mol. The fourth-order valence-corrected chi connectivity index (χ4v) is 9.87. The lowest BCUT2D eigenvalue weighted by Crippen LogP contribution is -2.38. The number of carbonyl (C=O) groups excluding carboxylic acids is 1. The van der Waals surface area contributed by atoms with Gasteiger partial charge in [-0.05, 0) is 105 Å². The number of methoxy groups -OCH3 is 1. The van der Waals surface area contributed by atoms with Gasteiger partial charge in [-0.2, -0.15) is 5.10 Å². The molecule has 6 aromatic carbocycles. The van der Waals surface area contributed by atoms with Gasteiger partial charge in [0.2, 0.25) is 5.88 Å². The maximum Gasteiger partial charge on any atom is 0.410 e. The third-order valence-corrected chi connectivity index (χ3v) is 13.7. The van der Waals surface area contributed by atoms with Crippen molar-refractivity contribution < 1.29 is 32.9 Å². The molecular formula is C61H59FN4O6. The van der Waals surface area contributed by atoms with Gasteiger partial charge in [0.05, 0.1) is 18.2 Å². The van der Waals surface area contributed by atoms with Crippen LogP contribution in [0.5, 0.6) is 17.4 Å². The molecule has 0 bridgehead atoms. The number of carbonyl (C=O) groups is 1. The number of pyridine rings is 1. The van der Waals surface area contributed by atoms with Crippen molar-refractivity contribution in [3.05, 3.63) is 184 Å². The van der Waals surface area contributed by atoms with Gasteiger partial charge in [0, 0.05) is 65.9 Å². The monoisotopic (exact) mass is 962 g/mol. The Kier molecular flexibility index (Phi) is 13.2. The van der Waals surface area contributed by atoms with Crippen LogP contribution in [0.15, 0.2) is 140 Å². The van der Waals surface area contributed by atoms with E-state index < -0.39 is 17.0 Å². The minimum absolute atomic E-state index is 0.131. The summed E-state index contributed by atoms with van der Waals surface area (Å²) in [5.41, 5.74) is 6.77. The predicted octanol–water partition coefficient (Wildman–Crippen LogP) is 12.8. The third kappa shape index (κ3) is 9.47. The molecule has 10 rings (SSSR count). The van der Waals surface area contributed by atoms with Crippen LogP contribution in [0.3, 0.4) is 0 Å². The number of halogens is 1. The van der Waals surface area contributed by atoms with E-state index in [0.717, 1.165) is 57.2 Å². The summed E-state index contributed by atoms with van der Waals surface area (Å²) >= 11 is 0. The Morgan fingerprint density at radius 3 is 2.06 bits per heavy atom. The summed E-state index contributed by atoms with van der Waals surface area (Å²) in [6.45, 7) is 10.5. The Bertz CT molecular complexity index is 3190. The smallest absolute Gasteiger partial charge is 0.410 e. The highest BCUT2D eigenvalue weighted by molar-refractivity contribution is 6.05. The maximum atomic E-state index is 17.1. The second kappa shape index (κ2) is 19.8. The molecule has 366 valence electrons. The van der Waals surface area contributed by atoms with Gasteiger partial charge in [0.1, 0.15) is 47.5 Å². The molecule has 1 aliphatic carbocycles. The van der Waals surface area contributed by atoms with Crippen LogP contribution < -0.4 is 14.2 Å². The molecule has 0 spiro atoms. The first kappa shape index (κ1) is 48.0. The molecule has 1 saturated heterocycles. The number of aromatic nitrogens is 3. The van der Waals surface area contributed by atoms with Crippen molar-refractivity contribution in [2.24, 2.45) is 0 Å². The summed E-state index contributed by atoms with van der Waals surface area (Å²) < 4.78 is 50.9. The molecule has 2 aromatic heterocycles. The first-order valence-corrected chi connectivity index (χ1v) is 24.7. The van der Waals surface area contributed by atoms with E-state index in [1.165, 1.54) is 6.07 Å². The van der Waals surface area contributed by atoms with Gasteiger partial charge >= 0.3 is 6.09 Å². The third-order valence-electron chi connectivity index (χ3n) is 13.7. The summed E-state index contributed by atoms with van der Waals surface area (Å²) in [5.74, 6) is 3.72. The second-order valence-corrected chi connectivity index (χ2v) is 19.9. The van der Waals surface area contributed by atoms with Crippen LogP contribution in [0.1, 0.15) is 91.8 Å². The maximum absolute atomic E-state index is 17.1. The van der Waals surface area contributed by atoms with Crippen LogP contribution in [-0.2, 0) is 21.6 Å². The lowest BCUT2D eigenvalue weighted by atomic mass is 9.77. The number of benzene rings is 6. The lowest BCUT2D eigenvalue weighted by molar-refractivity contribution is 0.0276. The van der Waals surface area contributed by atoms with E-state index in [1.807, 2.05) is 124 Å². The number of hydrogen-bond acceptors (Lipinski definition) is 8. The van der Waals surface area contributed by atoms with Crippen LogP contribution >= 0.6 is 0 Å². The number of amides is 1. The van der Waals surface area contributed by atoms with Gasteiger partial charge in [-0.1, -0.05) is 109 Å². The lowest BCUT2D eigenvalue weighted by Gasteiger charge is -2.36. The minimum Gasteiger partial charge on any atom is -0.488 e. The second-order valence-electron chi connectivity index (χ2n) is 19.9. The average Bonchev–Trinajstić information content (AvgIpc) is 3.99. The van der Waals surface area contributed by atoms with Crippen molar-refractivity contribution in [1.29, 1.82) is 0 Å². The van der Waals surface area contributed by atoms with E-state index in [1.54, 1.807) is 12.0 Å².